The molecule has 2 aromatic rings. The molecule has 0 amide bonds. The van der Waals surface area contributed by atoms with Crippen LogP contribution < -0.4 is 4.90 Å². The maximum Gasteiger partial charge on any atom is 0.336 e. The van der Waals surface area contributed by atoms with Crippen molar-refractivity contribution in [3.05, 3.63) is 58.7 Å². The van der Waals surface area contributed by atoms with Crippen molar-refractivity contribution in [2.45, 2.75) is 0 Å². The lowest BCUT2D eigenvalue weighted by molar-refractivity contribution is 0.0679. The quantitative estimate of drug-likeness (QED) is 0.719. The first-order valence-electron chi connectivity index (χ1n) is 6.88. The number of carbonyl (C=O) groups excluding carboxylic acids is 1. The third-order valence-corrected chi connectivity index (χ3v) is 3.48. The maximum atomic E-state index is 12.6. The SMILES string of the molecule is CN(C)c1ccc(C(=O)c2cc(C(=O)O)ccc2C(=O)O)c(O)c1. The summed E-state index contributed by atoms with van der Waals surface area (Å²) in [4.78, 5) is 36.7. The summed E-state index contributed by atoms with van der Waals surface area (Å²) >= 11 is 0. The number of carbonyl (C=O) groups is 3. The van der Waals surface area contributed by atoms with Gasteiger partial charge in [-0.25, -0.2) is 9.59 Å². The van der Waals surface area contributed by atoms with Gasteiger partial charge in [0.05, 0.1) is 16.7 Å². The van der Waals surface area contributed by atoms with Crippen LogP contribution in [0.15, 0.2) is 36.4 Å². The van der Waals surface area contributed by atoms with Gasteiger partial charge in [-0.3, -0.25) is 4.79 Å². The molecular formula is C17H15NO6. The van der Waals surface area contributed by atoms with Crippen LogP contribution in [0, 0.1) is 0 Å². The Morgan fingerprint density at radius 3 is 1.96 bits per heavy atom. The summed E-state index contributed by atoms with van der Waals surface area (Å²) < 4.78 is 0. The summed E-state index contributed by atoms with van der Waals surface area (Å²) in [6.07, 6.45) is 0. The molecule has 0 bridgehead atoms. The topological polar surface area (TPSA) is 115 Å². The predicted octanol–water partition coefficient (Wildman–Crippen LogP) is 2.09. The Morgan fingerprint density at radius 1 is 0.833 bits per heavy atom. The van der Waals surface area contributed by atoms with Gasteiger partial charge in [0.15, 0.2) is 5.78 Å². The Labute approximate surface area is 137 Å². The molecule has 2 rings (SSSR count). The largest absolute Gasteiger partial charge is 0.507 e. The van der Waals surface area contributed by atoms with Crippen LogP contribution in [-0.4, -0.2) is 47.1 Å². The lowest BCUT2D eigenvalue weighted by Crippen LogP contribution is -2.13. The first-order valence-corrected chi connectivity index (χ1v) is 6.88. The molecule has 0 fully saturated rings. The Balaban J connectivity index is 2.58. The molecule has 124 valence electrons. The summed E-state index contributed by atoms with van der Waals surface area (Å²) in [7, 11) is 3.52. The van der Waals surface area contributed by atoms with Crippen molar-refractivity contribution in [1.29, 1.82) is 0 Å². The fourth-order valence-corrected chi connectivity index (χ4v) is 2.19. The fraction of sp³-hybridized carbons (Fsp3) is 0.118. The molecule has 7 nitrogen and oxygen atoms in total. The molecular weight excluding hydrogens is 314 g/mol. The highest BCUT2D eigenvalue weighted by Gasteiger charge is 2.22. The number of phenolic OH excluding ortho intramolecular Hbond substituents is 1. The number of anilines is 1. The van der Waals surface area contributed by atoms with Gasteiger partial charge >= 0.3 is 11.9 Å². The van der Waals surface area contributed by atoms with Crippen LogP contribution in [0.4, 0.5) is 5.69 Å². The van der Waals surface area contributed by atoms with Crippen molar-refractivity contribution in [3.63, 3.8) is 0 Å². The van der Waals surface area contributed by atoms with E-state index in [4.69, 9.17) is 5.11 Å². The van der Waals surface area contributed by atoms with Crippen LogP contribution in [0.1, 0.15) is 36.6 Å². The third kappa shape index (κ3) is 3.19. The maximum absolute atomic E-state index is 12.6. The van der Waals surface area contributed by atoms with Crippen molar-refractivity contribution in [2.75, 3.05) is 19.0 Å². The van der Waals surface area contributed by atoms with Gasteiger partial charge in [0.2, 0.25) is 0 Å². The number of hydrogen-bond donors (Lipinski definition) is 3. The second-order valence-corrected chi connectivity index (χ2v) is 5.30. The van der Waals surface area contributed by atoms with Gasteiger partial charge in [-0.1, -0.05) is 0 Å². The van der Waals surface area contributed by atoms with Gasteiger partial charge in [-0.05, 0) is 30.3 Å². The number of benzene rings is 2. The Hall–Kier alpha value is -3.35. The van der Waals surface area contributed by atoms with E-state index in [9.17, 15) is 24.6 Å². The van der Waals surface area contributed by atoms with E-state index < -0.39 is 17.7 Å². The smallest absolute Gasteiger partial charge is 0.336 e. The minimum Gasteiger partial charge on any atom is -0.507 e. The molecule has 0 heterocycles. The summed E-state index contributed by atoms with van der Waals surface area (Å²) in [5, 5.41) is 28.3. The molecule has 0 spiro atoms. The van der Waals surface area contributed by atoms with E-state index in [2.05, 4.69) is 0 Å². The highest BCUT2D eigenvalue weighted by molar-refractivity contribution is 6.16. The molecule has 0 aliphatic heterocycles. The first-order chi connectivity index (χ1) is 11.2. The average Bonchev–Trinajstić information content (AvgIpc) is 2.53. The Bertz CT molecular complexity index is 841. The van der Waals surface area contributed by atoms with Crippen molar-refractivity contribution in [2.24, 2.45) is 0 Å². The van der Waals surface area contributed by atoms with E-state index in [1.807, 2.05) is 0 Å². The number of phenols is 1. The Kier molecular flexibility index (Phi) is 4.54. The number of nitrogens with zero attached hydrogens (tertiary/aromatic N) is 1. The number of ketones is 1. The summed E-state index contributed by atoms with van der Waals surface area (Å²) in [5.41, 5.74) is -0.295. The molecule has 0 unspecified atom stereocenters. The van der Waals surface area contributed by atoms with Gasteiger partial charge in [-0.15, -0.1) is 0 Å². The fourth-order valence-electron chi connectivity index (χ4n) is 2.19. The van der Waals surface area contributed by atoms with Gasteiger partial charge in [0, 0.05) is 31.4 Å². The van der Waals surface area contributed by atoms with Gasteiger partial charge in [0.1, 0.15) is 5.75 Å². The predicted molar refractivity (Wildman–Crippen MR) is 86.2 cm³/mol. The molecule has 7 heteroatoms. The molecule has 0 aliphatic carbocycles. The van der Waals surface area contributed by atoms with Gasteiger partial charge in [-0.2, -0.15) is 0 Å². The third-order valence-electron chi connectivity index (χ3n) is 3.48. The van der Waals surface area contributed by atoms with Crippen LogP contribution in [-0.2, 0) is 0 Å². The summed E-state index contributed by atoms with van der Waals surface area (Å²) in [5.74, 6) is -3.73. The number of rotatable bonds is 5. The molecule has 24 heavy (non-hydrogen) atoms. The van der Waals surface area contributed by atoms with E-state index in [0.29, 0.717) is 5.69 Å². The van der Waals surface area contributed by atoms with E-state index in [0.717, 1.165) is 18.2 Å². The van der Waals surface area contributed by atoms with Crippen molar-refractivity contribution >= 4 is 23.4 Å². The second-order valence-electron chi connectivity index (χ2n) is 5.30. The van der Waals surface area contributed by atoms with E-state index >= 15 is 0 Å². The van der Waals surface area contributed by atoms with Crippen LogP contribution in [0.2, 0.25) is 0 Å². The lowest BCUT2D eigenvalue weighted by atomic mass is 9.95. The zero-order chi connectivity index (χ0) is 18.0. The zero-order valence-corrected chi connectivity index (χ0v) is 13.0. The molecule has 0 saturated carbocycles. The van der Waals surface area contributed by atoms with Gasteiger partial charge < -0.3 is 20.2 Å². The lowest BCUT2D eigenvalue weighted by Gasteiger charge is -2.14. The molecule has 0 aliphatic rings. The standard InChI is InChI=1S/C17H15NO6/c1-18(2)10-4-6-12(14(19)8-10)15(20)13-7-9(16(21)22)3-5-11(13)17(23)24/h3-8,19H,1-2H3,(H,21,22)(H,23,24). The normalized spacial score (nSPS) is 10.2. The van der Waals surface area contributed by atoms with E-state index in [1.54, 1.807) is 25.1 Å². The van der Waals surface area contributed by atoms with Crippen LogP contribution >= 0.6 is 0 Å². The van der Waals surface area contributed by atoms with Crippen LogP contribution in [0.25, 0.3) is 0 Å². The van der Waals surface area contributed by atoms with E-state index in [1.165, 1.54) is 12.1 Å². The summed E-state index contributed by atoms with van der Waals surface area (Å²) in [6.45, 7) is 0. The minimum absolute atomic E-state index is 0.106. The number of aromatic carboxylic acids is 2. The zero-order valence-electron chi connectivity index (χ0n) is 13.0. The van der Waals surface area contributed by atoms with Crippen LogP contribution in [0.5, 0.6) is 5.75 Å². The highest BCUT2D eigenvalue weighted by atomic mass is 16.4. The molecule has 0 radical (unpaired) electrons. The number of carboxylic acid groups (broad SMARTS) is 2. The highest BCUT2D eigenvalue weighted by Crippen LogP contribution is 2.27. The van der Waals surface area contributed by atoms with Crippen molar-refractivity contribution < 1.29 is 29.7 Å². The van der Waals surface area contributed by atoms with Crippen molar-refractivity contribution in [1.82, 2.24) is 0 Å². The summed E-state index contributed by atoms with van der Waals surface area (Å²) in [6, 6.07) is 7.49. The first kappa shape index (κ1) is 17.0. The molecule has 0 atom stereocenters. The average molecular weight is 329 g/mol. The Morgan fingerprint density at radius 2 is 1.46 bits per heavy atom. The number of hydrogen-bond acceptors (Lipinski definition) is 5. The molecule has 0 aromatic heterocycles. The molecule has 2 aromatic carbocycles. The minimum atomic E-state index is -1.36. The monoisotopic (exact) mass is 329 g/mol. The molecule has 0 saturated heterocycles. The number of carboxylic acids is 2. The van der Waals surface area contributed by atoms with E-state index in [-0.39, 0.29) is 28.0 Å². The van der Waals surface area contributed by atoms with Crippen molar-refractivity contribution in [3.8, 4) is 5.75 Å². The van der Waals surface area contributed by atoms with Gasteiger partial charge in [0.25, 0.3) is 0 Å². The number of aromatic hydroxyl groups is 1. The second kappa shape index (κ2) is 6.41. The van der Waals surface area contributed by atoms with Crippen LogP contribution in [0.3, 0.4) is 0 Å². The molecule has 3 N–H and O–H groups in total.